The smallest absolute Gasteiger partial charge is 0.153 e. The Balaban J connectivity index is 2.31. The van der Waals surface area contributed by atoms with Crippen LogP contribution in [0, 0.1) is 19.7 Å². The molecule has 17 heavy (non-hydrogen) atoms. The minimum Gasteiger partial charge on any atom is -0.396 e. The van der Waals surface area contributed by atoms with E-state index in [0.717, 1.165) is 5.69 Å². The number of nitrogens with two attached hydrogens (primary N) is 1. The standard InChI is InChI=1S/C13H14FN3/c1-8-3-5-10(7-11(8)14)17-13-12(15)6-4-9(2)16-13/h3-7H,15H2,1-2H3,(H,16,17). The lowest BCUT2D eigenvalue weighted by Gasteiger charge is -2.09. The molecule has 0 aliphatic carbocycles. The summed E-state index contributed by atoms with van der Waals surface area (Å²) in [5.74, 6) is 0.300. The quantitative estimate of drug-likeness (QED) is 0.834. The van der Waals surface area contributed by atoms with E-state index in [1.165, 1.54) is 6.07 Å². The molecule has 3 nitrogen and oxygen atoms in total. The van der Waals surface area contributed by atoms with Crippen LogP contribution in [0.5, 0.6) is 0 Å². The van der Waals surface area contributed by atoms with Crippen LogP contribution in [-0.2, 0) is 0 Å². The molecular weight excluding hydrogens is 217 g/mol. The van der Waals surface area contributed by atoms with Crippen LogP contribution in [0.2, 0.25) is 0 Å². The molecule has 2 rings (SSSR count). The van der Waals surface area contributed by atoms with E-state index in [2.05, 4.69) is 10.3 Å². The summed E-state index contributed by atoms with van der Waals surface area (Å²) in [6, 6.07) is 8.54. The minimum absolute atomic E-state index is 0.249. The van der Waals surface area contributed by atoms with E-state index >= 15 is 0 Å². The van der Waals surface area contributed by atoms with Gasteiger partial charge in [0.15, 0.2) is 5.82 Å². The SMILES string of the molecule is Cc1ccc(N)c(Nc2ccc(C)c(F)c2)n1. The van der Waals surface area contributed by atoms with Crippen LogP contribution in [0.25, 0.3) is 0 Å². The summed E-state index contributed by atoms with van der Waals surface area (Å²) < 4.78 is 13.4. The number of hydrogen-bond donors (Lipinski definition) is 2. The predicted molar refractivity (Wildman–Crippen MR) is 67.8 cm³/mol. The Hall–Kier alpha value is -2.10. The lowest BCUT2D eigenvalue weighted by molar-refractivity contribution is 0.619. The van der Waals surface area contributed by atoms with Gasteiger partial charge in [-0.25, -0.2) is 9.37 Å². The van der Waals surface area contributed by atoms with E-state index in [1.54, 1.807) is 25.1 Å². The van der Waals surface area contributed by atoms with Crippen molar-refractivity contribution in [3.05, 3.63) is 47.4 Å². The molecule has 0 radical (unpaired) electrons. The summed E-state index contributed by atoms with van der Waals surface area (Å²) in [6.45, 7) is 3.60. The molecule has 0 unspecified atom stereocenters. The number of anilines is 3. The molecule has 88 valence electrons. The van der Waals surface area contributed by atoms with Gasteiger partial charge in [0.2, 0.25) is 0 Å². The highest BCUT2D eigenvalue weighted by atomic mass is 19.1. The Kier molecular flexibility index (Phi) is 2.95. The van der Waals surface area contributed by atoms with Crippen LogP contribution < -0.4 is 11.1 Å². The highest BCUT2D eigenvalue weighted by molar-refractivity contribution is 5.68. The van der Waals surface area contributed by atoms with Gasteiger partial charge in [0.1, 0.15) is 5.82 Å². The van der Waals surface area contributed by atoms with Crippen molar-refractivity contribution in [1.82, 2.24) is 4.98 Å². The average Bonchev–Trinajstić information content (AvgIpc) is 2.29. The van der Waals surface area contributed by atoms with Crippen molar-refractivity contribution >= 4 is 17.2 Å². The second kappa shape index (κ2) is 4.41. The number of hydrogen-bond acceptors (Lipinski definition) is 3. The van der Waals surface area contributed by atoms with Crippen LogP contribution in [0.15, 0.2) is 30.3 Å². The van der Waals surface area contributed by atoms with Crippen molar-refractivity contribution in [2.75, 3.05) is 11.1 Å². The number of aromatic nitrogens is 1. The minimum atomic E-state index is -0.249. The van der Waals surface area contributed by atoms with Gasteiger partial charge < -0.3 is 11.1 Å². The van der Waals surface area contributed by atoms with Crippen molar-refractivity contribution in [3.63, 3.8) is 0 Å². The largest absolute Gasteiger partial charge is 0.396 e. The molecule has 0 aliphatic rings. The summed E-state index contributed by atoms with van der Waals surface area (Å²) in [7, 11) is 0. The number of halogens is 1. The zero-order valence-corrected chi connectivity index (χ0v) is 9.79. The van der Waals surface area contributed by atoms with Crippen molar-refractivity contribution in [2.24, 2.45) is 0 Å². The molecule has 0 atom stereocenters. The molecular formula is C13H14FN3. The van der Waals surface area contributed by atoms with Gasteiger partial charge in [-0.2, -0.15) is 0 Å². The van der Waals surface area contributed by atoms with E-state index < -0.39 is 0 Å². The molecule has 0 saturated heterocycles. The third-order valence-electron chi connectivity index (χ3n) is 2.50. The molecule has 0 bridgehead atoms. The van der Waals surface area contributed by atoms with Gasteiger partial charge in [-0.1, -0.05) is 6.07 Å². The third kappa shape index (κ3) is 2.53. The van der Waals surface area contributed by atoms with Crippen LogP contribution in [0.1, 0.15) is 11.3 Å². The first-order valence-corrected chi connectivity index (χ1v) is 5.32. The Morgan fingerprint density at radius 1 is 1.18 bits per heavy atom. The van der Waals surface area contributed by atoms with Crippen molar-refractivity contribution in [1.29, 1.82) is 0 Å². The summed E-state index contributed by atoms with van der Waals surface area (Å²) in [4.78, 5) is 4.26. The molecule has 4 heteroatoms. The molecule has 0 spiro atoms. The number of nitrogen functional groups attached to an aromatic ring is 1. The summed E-state index contributed by atoms with van der Waals surface area (Å²) in [5, 5.41) is 3.00. The van der Waals surface area contributed by atoms with E-state index in [9.17, 15) is 4.39 Å². The van der Waals surface area contributed by atoms with Crippen molar-refractivity contribution in [2.45, 2.75) is 13.8 Å². The Bertz CT molecular complexity index is 552. The van der Waals surface area contributed by atoms with Crippen LogP contribution in [0.3, 0.4) is 0 Å². The number of nitrogens with one attached hydrogen (secondary N) is 1. The third-order valence-corrected chi connectivity index (χ3v) is 2.50. The van der Waals surface area contributed by atoms with Gasteiger partial charge in [-0.15, -0.1) is 0 Å². The first-order valence-electron chi connectivity index (χ1n) is 5.32. The number of nitrogens with zero attached hydrogens (tertiary/aromatic N) is 1. The number of rotatable bonds is 2. The topological polar surface area (TPSA) is 50.9 Å². The zero-order valence-electron chi connectivity index (χ0n) is 9.79. The van der Waals surface area contributed by atoms with E-state index in [1.807, 2.05) is 13.0 Å². The molecule has 3 N–H and O–H groups in total. The molecule has 1 heterocycles. The normalized spacial score (nSPS) is 10.3. The van der Waals surface area contributed by atoms with Crippen LogP contribution in [-0.4, -0.2) is 4.98 Å². The van der Waals surface area contributed by atoms with Crippen LogP contribution >= 0.6 is 0 Å². The molecule has 1 aromatic carbocycles. The summed E-state index contributed by atoms with van der Waals surface area (Å²) in [6.07, 6.45) is 0. The molecule has 0 aliphatic heterocycles. The van der Waals surface area contributed by atoms with Crippen molar-refractivity contribution in [3.8, 4) is 0 Å². The Morgan fingerprint density at radius 2 is 1.94 bits per heavy atom. The highest BCUT2D eigenvalue weighted by Gasteiger charge is 2.04. The first-order chi connectivity index (χ1) is 8.06. The lowest BCUT2D eigenvalue weighted by Crippen LogP contribution is -2.00. The monoisotopic (exact) mass is 231 g/mol. The first kappa shape index (κ1) is 11.4. The molecule has 0 fully saturated rings. The fraction of sp³-hybridized carbons (Fsp3) is 0.154. The lowest BCUT2D eigenvalue weighted by atomic mass is 10.2. The van der Waals surface area contributed by atoms with Gasteiger partial charge >= 0.3 is 0 Å². The predicted octanol–water partition coefficient (Wildman–Crippen LogP) is 3.16. The molecule has 0 amide bonds. The maximum absolute atomic E-state index is 13.4. The molecule has 0 saturated carbocycles. The maximum Gasteiger partial charge on any atom is 0.153 e. The number of benzene rings is 1. The Labute approximate surface area is 99.5 Å². The fourth-order valence-electron chi connectivity index (χ4n) is 1.47. The van der Waals surface area contributed by atoms with Gasteiger partial charge in [0, 0.05) is 11.4 Å². The van der Waals surface area contributed by atoms with E-state index in [-0.39, 0.29) is 5.82 Å². The molecule has 1 aromatic heterocycles. The zero-order chi connectivity index (χ0) is 12.4. The van der Waals surface area contributed by atoms with E-state index in [4.69, 9.17) is 5.73 Å². The number of pyridine rings is 1. The van der Waals surface area contributed by atoms with E-state index in [0.29, 0.717) is 22.8 Å². The van der Waals surface area contributed by atoms with Gasteiger partial charge in [0.25, 0.3) is 0 Å². The van der Waals surface area contributed by atoms with Gasteiger partial charge in [0.05, 0.1) is 5.69 Å². The summed E-state index contributed by atoms with van der Waals surface area (Å²) >= 11 is 0. The number of aryl methyl sites for hydroxylation is 2. The second-order valence-corrected chi connectivity index (χ2v) is 3.98. The van der Waals surface area contributed by atoms with Gasteiger partial charge in [-0.05, 0) is 43.7 Å². The molecule has 2 aromatic rings. The average molecular weight is 231 g/mol. The second-order valence-electron chi connectivity index (χ2n) is 3.98. The highest BCUT2D eigenvalue weighted by Crippen LogP contribution is 2.22. The Morgan fingerprint density at radius 3 is 2.65 bits per heavy atom. The van der Waals surface area contributed by atoms with Crippen molar-refractivity contribution < 1.29 is 4.39 Å². The maximum atomic E-state index is 13.4. The fourth-order valence-corrected chi connectivity index (χ4v) is 1.47. The summed E-state index contributed by atoms with van der Waals surface area (Å²) in [5.41, 5.74) is 8.43. The van der Waals surface area contributed by atoms with Crippen LogP contribution in [0.4, 0.5) is 21.6 Å². The van der Waals surface area contributed by atoms with Gasteiger partial charge in [-0.3, -0.25) is 0 Å².